The van der Waals surface area contributed by atoms with Crippen LogP contribution < -0.4 is 0 Å². The predicted molar refractivity (Wildman–Crippen MR) is 85.3 cm³/mol. The summed E-state index contributed by atoms with van der Waals surface area (Å²) in [5.74, 6) is 0.865. The number of ether oxygens (including phenoxy) is 1. The number of carbonyl (C=O) groups excluding carboxylic acids is 1. The molecule has 1 rings (SSSR count). The summed E-state index contributed by atoms with van der Waals surface area (Å²) in [7, 11) is 0. The zero-order valence-electron chi connectivity index (χ0n) is 12.7. The van der Waals surface area contributed by atoms with Gasteiger partial charge < -0.3 is 4.74 Å². The molecule has 0 fully saturated rings. The summed E-state index contributed by atoms with van der Waals surface area (Å²) in [5, 5.41) is 0. The van der Waals surface area contributed by atoms with Gasteiger partial charge in [-0.05, 0) is 38.9 Å². The van der Waals surface area contributed by atoms with Gasteiger partial charge in [0, 0.05) is 17.2 Å². The van der Waals surface area contributed by atoms with E-state index in [-0.39, 0.29) is 5.97 Å². The van der Waals surface area contributed by atoms with E-state index in [9.17, 15) is 4.79 Å². The van der Waals surface area contributed by atoms with Gasteiger partial charge in [-0.2, -0.15) is 0 Å². The maximum atomic E-state index is 11.5. The van der Waals surface area contributed by atoms with Crippen LogP contribution >= 0.6 is 11.8 Å². The summed E-state index contributed by atoms with van der Waals surface area (Å²) in [6.07, 6.45) is 1.05. The van der Waals surface area contributed by atoms with E-state index in [0.717, 1.165) is 25.3 Å². The Hall–Kier alpha value is -1.00. The zero-order valence-corrected chi connectivity index (χ0v) is 13.5. The lowest BCUT2D eigenvalue weighted by atomic mass is 10.2. The zero-order chi connectivity index (χ0) is 14.8. The normalized spacial score (nSPS) is 10.8. The lowest BCUT2D eigenvalue weighted by molar-refractivity contribution is -0.144. The van der Waals surface area contributed by atoms with Crippen molar-refractivity contribution in [3.05, 3.63) is 29.8 Å². The molecule has 0 atom stereocenters. The van der Waals surface area contributed by atoms with E-state index in [2.05, 4.69) is 43.0 Å². The molecule has 0 aliphatic heterocycles. The summed E-state index contributed by atoms with van der Waals surface area (Å²) in [6.45, 7) is 8.77. The highest BCUT2D eigenvalue weighted by molar-refractivity contribution is 7.99. The van der Waals surface area contributed by atoms with Gasteiger partial charge in [0.2, 0.25) is 0 Å². The minimum absolute atomic E-state index is 0.124. The Morgan fingerprint density at radius 3 is 2.50 bits per heavy atom. The van der Waals surface area contributed by atoms with Gasteiger partial charge >= 0.3 is 5.97 Å². The third kappa shape index (κ3) is 6.96. The van der Waals surface area contributed by atoms with Crippen molar-refractivity contribution in [3.63, 3.8) is 0 Å². The monoisotopic (exact) mass is 295 g/mol. The second kappa shape index (κ2) is 9.83. The Morgan fingerprint density at radius 2 is 1.90 bits per heavy atom. The molecule has 0 aromatic heterocycles. The van der Waals surface area contributed by atoms with Crippen molar-refractivity contribution in [2.24, 2.45) is 0 Å². The van der Waals surface area contributed by atoms with Crippen molar-refractivity contribution in [1.82, 2.24) is 4.90 Å². The van der Waals surface area contributed by atoms with Crippen LogP contribution in [0.1, 0.15) is 25.8 Å². The fraction of sp³-hybridized carbons (Fsp3) is 0.562. The van der Waals surface area contributed by atoms with Crippen LogP contribution in [0.25, 0.3) is 0 Å². The van der Waals surface area contributed by atoms with Crippen LogP contribution in [0.2, 0.25) is 0 Å². The number of nitrogens with zero attached hydrogens (tertiary/aromatic N) is 1. The Labute approximate surface area is 126 Å². The highest BCUT2D eigenvalue weighted by atomic mass is 32.2. The van der Waals surface area contributed by atoms with E-state index < -0.39 is 0 Å². The molecule has 0 bridgehead atoms. The molecule has 4 heteroatoms. The average Bonchev–Trinajstić information content (AvgIpc) is 2.41. The molecular weight excluding hydrogens is 270 g/mol. The van der Waals surface area contributed by atoms with Gasteiger partial charge in [-0.1, -0.05) is 24.6 Å². The lowest BCUT2D eigenvalue weighted by Crippen LogP contribution is -2.33. The fourth-order valence-electron chi connectivity index (χ4n) is 1.90. The van der Waals surface area contributed by atoms with Crippen LogP contribution in [0, 0.1) is 6.92 Å². The molecule has 112 valence electrons. The first kappa shape index (κ1) is 17.1. The number of carbonyl (C=O) groups is 1. The van der Waals surface area contributed by atoms with E-state index in [1.807, 2.05) is 18.7 Å². The first-order valence-corrected chi connectivity index (χ1v) is 8.21. The van der Waals surface area contributed by atoms with Gasteiger partial charge in [-0.15, -0.1) is 11.8 Å². The van der Waals surface area contributed by atoms with Crippen LogP contribution in [-0.2, 0) is 9.53 Å². The van der Waals surface area contributed by atoms with Crippen molar-refractivity contribution in [1.29, 1.82) is 0 Å². The molecule has 0 aliphatic rings. The number of aryl methyl sites for hydroxylation is 1. The molecule has 0 aliphatic carbocycles. The largest absolute Gasteiger partial charge is 0.465 e. The molecule has 0 N–H and O–H groups in total. The van der Waals surface area contributed by atoms with Crippen LogP contribution in [0.4, 0.5) is 0 Å². The molecule has 0 radical (unpaired) electrons. The molecule has 1 aromatic carbocycles. The van der Waals surface area contributed by atoms with Crippen molar-refractivity contribution < 1.29 is 9.53 Å². The van der Waals surface area contributed by atoms with Crippen LogP contribution in [0.15, 0.2) is 29.2 Å². The highest BCUT2D eigenvalue weighted by Gasteiger charge is 2.10. The van der Waals surface area contributed by atoms with Gasteiger partial charge in [0.15, 0.2) is 0 Å². The number of esters is 1. The number of hydrogen-bond acceptors (Lipinski definition) is 4. The predicted octanol–water partition coefficient (Wildman–Crippen LogP) is 3.36. The number of hydrogen-bond donors (Lipinski definition) is 0. The van der Waals surface area contributed by atoms with Gasteiger partial charge in [-0.25, -0.2) is 0 Å². The summed E-state index contributed by atoms with van der Waals surface area (Å²) in [6, 6.07) is 8.56. The van der Waals surface area contributed by atoms with Crippen molar-refractivity contribution >= 4 is 17.7 Å². The molecular formula is C16H25NO2S. The number of rotatable bonds is 9. The summed E-state index contributed by atoms with van der Waals surface area (Å²) >= 11 is 1.83. The lowest BCUT2D eigenvalue weighted by Gasteiger charge is -2.20. The van der Waals surface area contributed by atoms with Crippen molar-refractivity contribution in [3.8, 4) is 0 Å². The standard InChI is InChI=1S/C16H25NO2S/c1-4-10-17(13-16(18)19-5-2)11-12-20-15-8-6-14(3)7-9-15/h6-9H,4-5,10-13H2,1-3H3. The Kier molecular flexibility index (Phi) is 8.38. The summed E-state index contributed by atoms with van der Waals surface area (Å²) in [4.78, 5) is 15.0. The third-order valence-electron chi connectivity index (χ3n) is 2.90. The smallest absolute Gasteiger partial charge is 0.320 e. The second-order valence-electron chi connectivity index (χ2n) is 4.74. The maximum Gasteiger partial charge on any atom is 0.320 e. The van der Waals surface area contributed by atoms with Gasteiger partial charge in [-0.3, -0.25) is 9.69 Å². The molecule has 0 unspecified atom stereocenters. The third-order valence-corrected chi connectivity index (χ3v) is 3.89. The van der Waals surface area contributed by atoms with Crippen molar-refractivity contribution in [2.45, 2.75) is 32.1 Å². The fourth-order valence-corrected chi connectivity index (χ4v) is 2.82. The maximum absolute atomic E-state index is 11.5. The highest BCUT2D eigenvalue weighted by Crippen LogP contribution is 2.18. The molecule has 0 amide bonds. The first-order chi connectivity index (χ1) is 9.65. The van der Waals surface area contributed by atoms with Gasteiger partial charge in [0.1, 0.15) is 0 Å². The topological polar surface area (TPSA) is 29.5 Å². The summed E-state index contributed by atoms with van der Waals surface area (Å²) in [5.41, 5.74) is 1.28. The minimum atomic E-state index is -0.124. The average molecular weight is 295 g/mol. The van der Waals surface area contributed by atoms with E-state index in [1.54, 1.807) is 0 Å². The van der Waals surface area contributed by atoms with Crippen LogP contribution in [0.3, 0.4) is 0 Å². The SMILES string of the molecule is CCCN(CCSc1ccc(C)cc1)CC(=O)OCC. The molecule has 20 heavy (non-hydrogen) atoms. The van der Waals surface area contributed by atoms with Crippen LogP contribution in [0.5, 0.6) is 0 Å². The number of thioether (sulfide) groups is 1. The second-order valence-corrected chi connectivity index (χ2v) is 5.91. The van der Waals surface area contributed by atoms with E-state index in [4.69, 9.17) is 4.74 Å². The van der Waals surface area contributed by atoms with E-state index in [0.29, 0.717) is 13.2 Å². The quantitative estimate of drug-likeness (QED) is 0.516. The molecule has 3 nitrogen and oxygen atoms in total. The molecule has 0 heterocycles. The Balaban J connectivity index is 2.34. The summed E-state index contributed by atoms with van der Waals surface area (Å²) < 4.78 is 5.01. The number of benzene rings is 1. The molecule has 0 saturated carbocycles. The minimum Gasteiger partial charge on any atom is -0.465 e. The van der Waals surface area contributed by atoms with Crippen LogP contribution in [-0.4, -0.2) is 42.9 Å². The van der Waals surface area contributed by atoms with Gasteiger partial charge in [0.05, 0.1) is 13.2 Å². The molecule has 0 spiro atoms. The first-order valence-electron chi connectivity index (χ1n) is 7.23. The Morgan fingerprint density at radius 1 is 1.20 bits per heavy atom. The molecule has 0 saturated heterocycles. The van der Waals surface area contributed by atoms with E-state index >= 15 is 0 Å². The van der Waals surface area contributed by atoms with Gasteiger partial charge in [0.25, 0.3) is 0 Å². The molecule has 1 aromatic rings. The Bertz CT molecular complexity index is 392. The van der Waals surface area contributed by atoms with Crippen molar-refractivity contribution in [2.75, 3.05) is 32.0 Å². The van der Waals surface area contributed by atoms with E-state index in [1.165, 1.54) is 10.5 Å².